The Kier molecular flexibility index (Phi) is 4.50. The lowest BCUT2D eigenvalue weighted by atomic mass is 10.1. The first-order chi connectivity index (χ1) is 12.3. The molecular formula is C18H12F3NO4. The summed E-state index contributed by atoms with van der Waals surface area (Å²) >= 11 is 0. The fourth-order valence-electron chi connectivity index (χ4n) is 2.56. The SMILES string of the molecule is O=C(CN1C(=O)c2ccccc2C1=O)OCc1cccc(C(F)(F)F)c1. The zero-order chi connectivity index (χ0) is 18.9. The number of alkyl halides is 3. The number of hydrogen-bond acceptors (Lipinski definition) is 4. The summed E-state index contributed by atoms with van der Waals surface area (Å²) in [5, 5.41) is 0. The van der Waals surface area contributed by atoms with Crippen LogP contribution in [0.2, 0.25) is 0 Å². The van der Waals surface area contributed by atoms with Crippen LogP contribution in [-0.4, -0.2) is 29.2 Å². The fourth-order valence-corrected chi connectivity index (χ4v) is 2.56. The first-order valence-electron chi connectivity index (χ1n) is 7.54. The van der Waals surface area contributed by atoms with E-state index in [4.69, 9.17) is 4.74 Å². The first-order valence-corrected chi connectivity index (χ1v) is 7.54. The number of amides is 2. The van der Waals surface area contributed by atoms with Gasteiger partial charge in [0.05, 0.1) is 16.7 Å². The maximum atomic E-state index is 12.7. The summed E-state index contributed by atoms with van der Waals surface area (Å²) in [6, 6.07) is 10.5. The van der Waals surface area contributed by atoms with E-state index < -0.39 is 42.7 Å². The van der Waals surface area contributed by atoms with E-state index >= 15 is 0 Å². The molecule has 2 aromatic carbocycles. The molecule has 26 heavy (non-hydrogen) atoms. The Morgan fingerprint density at radius 1 is 0.962 bits per heavy atom. The molecule has 0 N–H and O–H groups in total. The normalized spacial score (nSPS) is 13.7. The third kappa shape index (κ3) is 3.44. The highest BCUT2D eigenvalue weighted by Gasteiger charge is 2.36. The molecule has 0 spiro atoms. The molecule has 0 saturated carbocycles. The van der Waals surface area contributed by atoms with Crippen LogP contribution < -0.4 is 0 Å². The molecule has 0 aromatic heterocycles. The highest BCUT2D eigenvalue weighted by atomic mass is 19.4. The zero-order valence-corrected chi connectivity index (χ0v) is 13.2. The Morgan fingerprint density at radius 3 is 2.15 bits per heavy atom. The topological polar surface area (TPSA) is 63.7 Å². The van der Waals surface area contributed by atoms with Crippen molar-refractivity contribution in [1.29, 1.82) is 0 Å². The summed E-state index contributed by atoms with van der Waals surface area (Å²) in [4.78, 5) is 36.9. The number of rotatable bonds is 4. The van der Waals surface area contributed by atoms with Crippen LogP contribution in [0.15, 0.2) is 48.5 Å². The van der Waals surface area contributed by atoms with Gasteiger partial charge in [-0.05, 0) is 29.8 Å². The van der Waals surface area contributed by atoms with Crippen molar-refractivity contribution >= 4 is 17.8 Å². The summed E-state index contributed by atoms with van der Waals surface area (Å²) in [5.74, 6) is -2.11. The minimum atomic E-state index is -4.50. The number of carbonyl (C=O) groups is 3. The Balaban J connectivity index is 1.62. The molecule has 2 aromatic rings. The van der Waals surface area contributed by atoms with Gasteiger partial charge in [0.15, 0.2) is 0 Å². The Bertz CT molecular complexity index is 857. The molecule has 0 aliphatic carbocycles. The predicted octanol–water partition coefficient (Wildman–Crippen LogP) is 3.04. The van der Waals surface area contributed by atoms with Crippen LogP contribution in [0.3, 0.4) is 0 Å². The number of esters is 1. The lowest BCUT2D eigenvalue weighted by Crippen LogP contribution is -2.35. The zero-order valence-electron chi connectivity index (χ0n) is 13.2. The maximum absolute atomic E-state index is 12.7. The molecule has 0 saturated heterocycles. The van der Waals surface area contributed by atoms with E-state index in [0.717, 1.165) is 17.0 Å². The van der Waals surface area contributed by atoms with Crippen LogP contribution >= 0.6 is 0 Å². The van der Waals surface area contributed by atoms with Gasteiger partial charge in [-0.15, -0.1) is 0 Å². The van der Waals surface area contributed by atoms with E-state index in [1.807, 2.05) is 0 Å². The molecule has 2 amide bonds. The predicted molar refractivity (Wildman–Crippen MR) is 83.0 cm³/mol. The van der Waals surface area contributed by atoms with Gasteiger partial charge in [-0.3, -0.25) is 19.3 Å². The van der Waals surface area contributed by atoms with Crippen molar-refractivity contribution in [3.63, 3.8) is 0 Å². The van der Waals surface area contributed by atoms with Gasteiger partial charge in [-0.25, -0.2) is 0 Å². The van der Waals surface area contributed by atoms with Gasteiger partial charge < -0.3 is 4.74 Å². The molecule has 0 unspecified atom stereocenters. The number of carbonyl (C=O) groups excluding carboxylic acids is 3. The lowest BCUT2D eigenvalue weighted by molar-refractivity contribution is -0.145. The Morgan fingerprint density at radius 2 is 1.58 bits per heavy atom. The second kappa shape index (κ2) is 6.62. The van der Waals surface area contributed by atoms with Crippen LogP contribution in [0.4, 0.5) is 13.2 Å². The number of benzene rings is 2. The van der Waals surface area contributed by atoms with Crippen molar-refractivity contribution in [2.75, 3.05) is 6.54 Å². The van der Waals surface area contributed by atoms with Crippen LogP contribution in [-0.2, 0) is 22.3 Å². The maximum Gasteiger partial charge on any atom is 0.416 e. The van der Waals surface area contributed by atoms with E-state index in [-0.39, 0.29) is 16.7 Å². The van der Waals surface area contributed by atoms with E-state index in [1.54, 1.807) is 12.1 Å². The molecule has 0 bridgehead atoms. The molecular weight excluding hydrogens is 351 g/mol. The van der Waals surface area contributed by atoms with Crippen molar-refractivity contribution < 1.29 is 32.3 Å². The third-order valence-electron chi connectivity index (χ3n) is 3.82. The van der Waals surface area contributed by atoms with Crippen molar-refractivity contribution in [3.05, 3.63) is 70.8 Å². The number of hydrogen-bond donors (Lipinski definition) is 0. The molecule has 5 nitrogen and oxygen atoms in total. The van der Waals surface area contributed by atoms with Gasteiger partial charge in [0.2, 0.25) is 0 Å². The van der Waals surface area contributed by atoms with Crippen LogP contribution in [0.1, 0.15) is 31.8 Å². The number of ether oxygens (including phenoxy) is 1. The van der Waals surface area contributed by atoms with Crippen LogP contribution in [0.5, 0.6) is 0 Å². The fraction of sp³-hybridized carbons (Fsp3) is 0.167. The molecule has 1 aliphatic rings. The highest BCUT2D eigenvalue weighted by molar-refractivity contribution is 6.22. The second-order valence-corrected chi connectivity index (χ2v) is 5.60. The number of fused-ring (bicyclic) bond motifs is 1. The van der Waals surface area contributed by atoms with Gasteiger partial charge >= 0.3 is 12.1 Å². The van der Waals surface area contributed by atoms with Crippen molar-refractivity contribution in [2.45, 2.75) is 12.8 Å². The minimum Gasteiger partial charge on any atom is -0.459 e. The summed E-state index contributed by atoms with van der Waals surface area (Å²) in [6.45, 7) is -1.00. The van der Waals surface area contributed by atoms with Gasteiger partial charge in [-0.2, -0.15) is 13.2 Å². The number of nitrogens with zero attached hydrogens (tertiary/aromatic N) is 1. The first kappa shape index (κ1) is 17.7. The van der Waals surface area contributed by atoms with Gasteiger partial charge in [0.25, 0.3) is 11.8 Å². The number of imide groups is 1. The standard InChI is InChI=1S/C18H12F3NO4/c19-18(20,21)12-5-3-4-11(8-12)10-26-15(23)9-22-16(24)13-6-1-2-7-14(13)17(22)25/h1-8H,9-10H2. The van der Waals surface area contributed by atoms with E-state index in [9.17, 15) is 27.6 Å². The van der Waals surface area contributed by atoms with Gasteiger partial charge in [0, 0.05) is 0 Å². The second-order valence-electron chi connectivity index (χ2n) is 5.60. The molecule has 1 heterocycles. The summed E-state index contributed by atoms with van der Waals surface area (Å²) in [5.41, 5.74) is -0.312. The van der Waals surface area contributed by atoms with Crippen LogP contribution in [0.25, 0.3) is 0 Å². The lowest BCUT2D eigenvalue weighted by Gasteiger charge is -2.13. The quantitative estimate of drug-likeness (QED) is 0.619. The van der Waals surface area contributed by atoms with E-state index in [0.29, 0.717) is 0 Å². The molecule has 0 fully saturated rings. The van der Waals surface area contributed by atoms with Gasteiger partial charge in [-0.1, -0.05) is 24.3 Å². The van der Waals surface area contributed by atoms with Crippen LogP contribution in [0, 0.1) is 0 Å². The van der Waals surface area contributed by atoms with E-state index in [1.165, 1.54) is 24.3 Å². The summed E-state index contributed by atoms with van der Waals surface area (Å²) in [7, 11) is 0. The molecule has 3 rings (SSSR count). The molecule has 8 heteroatoms. The highest BCUT2D eigenvalue weighted by Crippen LogP contribution is 2.29. The smallest absolute Gasteiger partial charge is 0.416 e. The number of halogens is 3. The molecule has 0 atom stereocenters. The Hall–Kier alpha value is -3.16. The monoisotopic (exact) mass is 363 g/mol. The summed E-state index contributed by atoms with van der Waals surface area (Å²) < 4.78 is 42.9. The third-order valence-corrected chi connectivity index (χ3v) is 3.82. The average Bonchev–Trinajstić information content (AvgIpc) is 2.85. The van der Waals surface area contributed by atoms with Crippen molar-refractivity contribution in [2.24, 2.45) is 0 Å². The average molecular weight is 363 g/mol. The molecule has 0 radical (unpaired) electrons. The van der Waals surface area contributed by atoms with Crippen molar-refractivity contribution in [3.8, 4) is 0 Å². The molecule has 134 valence electrons. The molecule has 1 aliphatic heterocycles. The van der Waals surface area contributed by atoms with Crippen molar-refractivity contribution in [1.82, 2.24) is 4.90 Å². The van der Waals surface area contributed by atoms with E-state index in [2.05, 4.69) is 0 Å². The largest absolute Gasteiger partial charge is 0.459 e. The minimum absolute atomic E-state index is 0.149. The Labute approximate surface area is 146 Å². The summed E-state index contributed by atoms with van der Waals surface area (Å²) in [6.07, 6.45) is -4.50. The van der Waals surface area contributed by atoms with Gasteiger partial charge in [0.1, 0.15) is 13.2 Å².